The number of anilines is 3. The Hall–Kier alpha value is -7.88. The number of benzene rings is 11. The number of fused-ring (bicyclic) bond motifs is 14. The Morgan fingerprint density at radius 3 is 1.71 bits per heavy atom. The Bertz CT molecular complexity index is 3690. The lowest BCUT2D eigenvalue weighted by Crippen LogP contribution is -2.16. The Labute approximate surface area is 340 Å². The second-order valence-corrected chi connectivity index (χ2v) is 15.6. The molecule has 0 saturated carbocycles. The number of rotatable bonds is 3. The molecule has 59 heavy (non-hydrogen) atoms. The van der Waals surface area contributed by atoms with E-state index in [-0.39, 0.29) is 0 Å². The van der Waals surface area contributed by atoms with E-state index in [1.807, 2.05) is 0 Å². The molecule has 0 amide bonds. The monoisotopic (exact) mass is 750 g/mol. The van der Waals surface area contributed by atoms with Gasteiger partial charge in [0.2, 0.25) is 0 Å². The lowest BCUT2D eigenvalue weighted by molar-refractivity contribution is 0.482. The van der Waals surface area contributed by atoms with Crippen LogP contribution < -0.4 is 9.64 Å². The van der Waals surface area contributed by atoms with Gasteiger partial charge in [-0.3, -0.25) is 0 Å². The topological polar surface area (TPSA) is 17.4 Å². The molecule has 13 rings (SSSR count). The van der Waals surface area contributed by atoms with Gasteiger partial charge in [0.15, 0.2) is 11.5 Å². The molecule has 11 aromatic carbocycles. The van der Waals surface area contributed by atoms with Crippen molar-refractivity contribution in [1.82, 2.24) is 4.57 Å². The first-order chi connectivity index (χ1) is 29.3. The molecule has 0 bridgehead atoms. The second kappa shape index (κ2) is 12.3. The van der Waals surface area contributed by atoms with Gasteiger partial charge in [0.1, 0.15) is 0 Å². The van der Waals surface area contributed by atoms with E-state index in [1.54, 1.807) is 0 Å². The Morgan fingerprint density at radius 1 is 0.339 bits per heavy atom. The summed E-state index contributed by atoms with van der Waals surface area (Å²) in [6, 6.07) is 75.0. The molecule has 3 nitrogen and oxygen atoms in total. The van der Waals surface area contributed by atoms with Crippen LogP contribution in [0.4, 0.5) is 17.1 Å². The number of para-hydroxylation sites is 2. The van der Waals surface area contributed by atoms with Crippen LogP contribution in [0.15, 0.2) is 206 Å². The molecule has 0 atom stereocenters. The minimum absolute atomic E-state index is 0.822. The van der Waals surface area contributed by atoms with Gasteiger partial charge in [0.25, 0.3) is 0 Å². The van der Waals surface area contributed by atoms with Crippen molar-refractivity contribution in [3.05, 3.63) is 206 Å². The molecule has 12 aromatic rings. The highest BCUT2D eigenvalue weighted by atomic mass is 16.5. The van der Waals surface area contributed by atoms with Crippen LogP contribution in [0.1, 0.15) is 0 Å². The summed E-state index contributed by atoms with van der Waals surface area (Å²) in [7, 11) is 0. The fourth-order valence-electron chi connectivity index (χ4n) is 9.92. The molecule has 1 aliphatic rings. The van der Waals surface area contributed by atoms with Crippen LogP contribution in [0.5, 0.6) is 11.5 Å². The predicted octanol–water partition coefficient (Wildman–Crippen LogP) is 15.8. The molecular weight excluding hydrogens is 717 g/mol. The van der Waals surface area contributed by atoms with E-state index in [0.29, 0.717) is 0 Å². The number of hydrogen-bond donors (Lipinski definition) is 0. The van der Waals surface area contributed by atoms with Crippen LogP contribution in [0.2, 0.25) is 0 Å². The van der Waals surface area contributed by atoms with Crippen molar-refractivity contribution in [2.45, 2.75) is 0 Å². The highest BCUT2D eigenvalue weighted by molar-refractivity contribution is 6.26. The standard InChI is InChI=1S/C56H34N2O/c1-3-16-39-35(13-1)15-11-26-50(39)58-51-25-10-9-22-47(51)48-24-12-23-40(55(48)58)37-28-32-54-53(33-37)57(52-31-27-36-14-2-4-17-41(36)56(52)59-54)38-29-30-46-44-20-6-5-18-42(44)43-19-7-8-21-45(43)49(46)34-38/h1-34H. The van der Waals surface area contributed by atoms with Gasteiger partial charge in [-0.1, -0.05) is 164 Å². The first kappa shape index (κ1) is 32.2. The molecule has 0 unspecified atom stereocenters. The maximum Gasteiger partial charge on any atom is 0.159 e. The van der Waals surface area contributed by atoms with Gasteiger partial charge in [0, 0.05) is 32.8 Å². The molecule has 0 N–H and O–H groups in total. The summed E-state index contributed by atoms with van der Waals surface area (Å²) in [5.74, 6) is 1.69. The van der Waals surface area contributed by atoms with Crippen LogP contribution in [0.25, 0.3) is 92.5 Å². The molecule has 1 aromatic heterocycles. The van der Waals surface area contributed by atoms with E-state index in [2.05, 4.69) is 216 Å². The number of aromatic nitrogens is 1. The zero-order valence-electron chi connectivity index (χ0n) is 31.9. The van der Waals surface area contributed by atoms with E-state index in [1.165, 1.54) is 70.6 Å². The van der Waals surface area contributed by atoms with Crippen LogP contribution in [-0.4, -0.2) is 4.57 Å². The normalized spacial score (nSPS) is 12.5. The lowest BCUT2D eigenvalue weighted by atomic mass is 9.93. The molecule has 0 spiro atoms. The fraction of sp³-hybridized carbons (Fsp3) is 0. The summed E-state index contributed by atoms with van der Waals surface area (Å²) in [5.41, 5.74) is 8.92. The highest BCUT2D eigenvalue weighted by Gasteiger charge is 2.29. The number of nitrogens with zero attached hydrogens (tertiary/aromatic N) is 2. The minimum Gasteiger partial charge on any atom is -0.452 e. The quantitative estimate of drug-likeness (QED) is 0.167. The molecule has 3 heteroatoms. The van der Waals surface area contributed by atoms with E-state index in [0.717, 1.165) is 50.5 Å². The second-order valence-electron chi connectivity index (χ2n) is 15.6. The number of hydrogen-bond acceptors (Lipinski definition) is 2. The third-order valence-electron chi connectivity index (χ3n) is 12.5. The van der Waals surface area contributed by atoms with E-state index in [4.69, 9.17) is 4.74 Å². The van der Waals surface area contributed by atoms with Gasteiger partial charge < -0.3 is 14.2 Å². The maximum absolute atomic E-state index is 6.98. The van der Waals surface area contributed by atoms with Gasteiger partial charge >= 0.3 is 0 Å². The van der Waals surface area contributed by atoms with Crippen molar-refractivity contribution < 1.29 is 4.74 Å². The van der Waals surface area contributed by atoms with Crippen molar-refractivity contribution in [2.24, 2.45) is 0 Å². The van der Waals surface area contributed by atoms with Crippen LogP contribution >= 0.6 is 0 Å². The van der Waals surface area contributed by atoms with Crippen molar-refractivity contribution in [1.29, 1.82) is 0 Å². The lowest BCUT2D eigenvalue weighted by Gasteiger charge is -2.34. The van der Waals surface area contributed by atoms with Crippen molar-refractivity contribution in [3.8, 4) is 28.3 Å². The summed E-state index contributed by atoms with van der Waals surface area (Å²) >= 11 is 0. The predicted molar refractivity (Wildman–Crippen MR) is 249 cm³/mol. The van der Waals surface area contributed by atoms with Crippen molar-refractivity contribution in [2.75, 3.05) is 4.90 Å². The Kier molecular flexibility index (Phi) is 6.72. The Balaban J connectivity index is 1.09. The molecule has 0 aliphatic carbocycles. The van der Waals surface area contributed by atoms with Gasteiger partial charge in [-0.25, -0.2) is 0 Å². The molecule has 0 radical (unpaired) electrons. The zero-order valence-corrected chi connectivity index (χ0v) is 31.9. The SMILES string of the molecule is c1ccc2c(-n3c4ccccc4c4cccc(-c5ccc6c(c5)N(c5ccc7c8ccccc8c8ccccc8c7c5)c5ccc7ccccc7c5O6)c43)cccc2c1. The maximum atomic E-state index is 6.98. The van der Waals surface area contributed by atoms with Crippen LogP contribution in [0.3, 0.4) is 0 Å². The molecule has 1 aliphatic heterocycles. The highest BCUT2D eigenvalue weighted by Crippen LogP contribution is 2.55. The first-order valence-electron chi connectivity index (χ1n) is 20.3. The average molecular weight is 751 g/mol. The first-order valence-corrected chi connectivity index (χ1v) is 20.3. The molecule has 2 heterocycles. The summed E-state index contributed by atoms with van der Waals surface area (Å²) in [4.78, 5) is 2.41. The molecule has 274 valence electrons. The summed E-state index contributed by atoms with van der Waals surface area (Å²) in [6.45, 7) is 0. The average Bonchev–Trinajstić information content (AvgIpc) is 3.65. The molecular formula is C56H34N2O. The minimum atomic E-state index is 0.822. The van der Waals surface area contributed by atoms with Gasteiger partial charge in [-0.2, -0.15) is 0 Å². The third kappa shape index (κ3) is 4.64. The fourth-order valence-corrected chi connectivity index (χ4v) is 9.92. The Morgan fingerprint density at radius 2 is 0.932 bits per heavy atom. The number of ether oxygens (including phenoxy) is 1. The summed E-state index contributed by atoms with van der Waals surface area (Å²) in [5, 5.41) is 14.7. The van der Waals surface area contributed by atoms with E-state index in [9.17, 15) is 0 Å². The van der Waals surface area contributed by atoms with Crippen molar-refractivity contribution in [3.63, 3.8) is 0 Å². The molecule has 0 saturated heterocycles. The van der Waals surface area contributed by atoms with E-state index >= 15 is 0 Å². The largest absolute Gasteiger partial charge is 0.452 e. The van der Waals surface area contributed by atoms with Crippen LogP contribution in [-0.2, 0) is 0 Å². The summed E-state index contributed by atoms with van der Waals surface area (Å²) < 4.78 is 9.45. The van der Waals surface area contributed by atoms with Crippen LogP contribution in [0, 0.1) is 0 Å². The van der Waals surface area contributed by atoms with E-state index < -0.39 is 0 Å². The van der Waals surface area contributed by atoms with Gasteiger partial charge in [-0.15, -0.1) is 0 Å². The smallest absolute Gasteiger partial charge is 0.159 e. The third-order valence-corrected chi connectivity index (χ3v) is 12.5. The zero-order chi connectivity index (χ0) is 38.6. The molecule has 0 fully saturated rings. The summed E-state index contributed by atoms with van der Waals surface area (Å²) in [6.07, 6.45) is 0. The van der Waals surface area contributed by atoms with Gasteiger partial charge in [-0.05, 0) is 91.1 Å². The van der Waals surface area contributed by atoms with Crippen molar-refractivity contribution >= 4 is 92.7 Å². The van der Waals surface area contributed by atoms with Gasteiger partial charge in [0.05, 0.1) is 28.1 Å².